The zero-order valence-corrected chi connectivity index (χ0v) is 14.6. The van der Waals surface area contributed by atoms with Gasteiger partial charge in [0.1, 0.15) is 5.84 Å². The van der Waals surface area contributed by atoms with Crippen molar-refractivity contribution in [3.05, 3.63) is 65.7 Å². The quantitative estimate of drug-likeness (QED) is 0.681. The van der Waals surface area contributed by atoms with E-state index in [1.54, 1.807) is 24.3 Å². The van der Waals surface area contributed by atoms with E-state index in [9.17, 15) is 8.42 Å². The van der Waals surface area contributed by atoms with Gasteiger partial charge in [-0.25, -0.2) is 8.42 Å². The van der Waals surface area contributed by atoms with E-state index in [0.29, 0.717) is 5.84 Å². The molecule has 5 heteroatoms. The van der Waals surface area contributed by atoms with Crippen LogP contribution in [-0.2, 0) is 10.0 Å². The van der Waals surface area contributed by atoms with E-state index in [-0.39, 0.29) is 10.9 Å². The Hall–Kier alpha value is -2.14. The number of nitrogens with zero attached hydrogens (tertiary/aromatic N) is 1. The third kappa shape index (κ3) is 4.03. The predicted molar refractivity (Wildman–Crippen MR) is 96.7 cm³/mol. The molecular formula is C19H22N2O2S. The van der Waals surface area contributed by atoms with Gasteiger partial charge in [-0.15, -0.1) is 0 Å². The Morgan fingerprint density at radius 3 is 2.25 bits per heavy atom. The molecule has 0 aliphatic heterocycles. The lowest BCUT2D eigenvalue weighted by molar-refractivity contribution is 0.592. The van der Waals surface area contributed by atoms with E-state index in [1.165, 1.54) is 0 Å². The molecule has 2 aromatic rings. The van der Waals surface area contributed by atoms with Gasteiger partial charge in [0.25, 0.3) is 10.0 Å². The number of aliphatic imine (C=N–C) groups is 1. The van der Waals surface area contributed by atoms with Crippen molar-refractivity contribution < 1.29 is 8.42 Å². The van der Waals surface area contributed by atoms with Crippen molar-refractivity contribution in [1.29, 1.82) is 0 Å². The smallest absolute Gasteiger partial charge is 0.263 e. The lowest BCUT2D eigenvalue weighted by atomic mass is 10.2. The van der Waals surface area contributed by atoms with Crippen LogP contribution in [0.5, 0.6) is 0 Å². The maximum Gasteiger partial charge on any atom is 0.263 e. The van der Waals surface area contributed by atoms with Crippen LogP contribution < -0.4 is 4.72 Å². The summed E-state index contributed by atoms with van der Waals surface area (Å²) in [6, 6.07) is 16.5. The molecule has 0 amide bonds. The van der Waals surface area contributed by atoms with Gasteiger partial charge in [0.2, 0.25) is 0 Å². The van der Waals surface area contributed by atoms with Crippen molar-refractivity contribution >= 4 is 15.9 Å². The summed E-state index contributed by atoms with van der Waals surface area (Å²) < 4.78 is 28.1. The topological polar surface area (TPSA) is 58.5 Å². The Kier molecular flexibility index (Phi) is 5.00. The fraction of sp³-hybridized carbons (Fsp3) is 0.316. The molecule has 3 rings (SSSR count). The lowest BCUT2D eigenvalue weighted by Gasteiger charge is -2.14. The molecule has 1 aliphatic carbocycles. The Labute approximate surface area is 143 Å². The van der Waals surface area contributed by atoms with Crippen LogP contribution in [0.15, 0.2) is 64.5 Å². The fourth-order valence-electron chi connectivity index (χ4n) is 2.88. The van der Waals surface area contributed by atoms with Crippen LogP contribution in [0, 0.1) is 6.92 Å². The van der Waals surface area contributed by atoms with Crippen LogP contribution in [0.4, 0.5) is 0 Å². The number of sulfonamides is 1. The largest absolute Gasteiger partial charge is 0.264 e. The molecule has 1 N–H and O–H groups in total. The molecular weight excluding hydrogens is 320 g/mol. The molecule has 0 radical (unpaired) electrons. The summed E-state index contributed by atoms with van der Waals surface area (Å²) >= 11 is 0. The highest BCUT2D eigenvalue weighted by Crippen LogP contribution is 2.22. The van der Waals surface area contributed by atoms with E-state index in [2.05, 4.69) is 4.72 Å². The maximum atomic E-state index is 12.7. The van der Waals surface area contributed by atoms with E-state index in [0.717, 1.165) is 36.8 Å². The maximum absolute atomic E-state index is 12.7. The zero-order chi connectivity index (χ0) is 17.0. The SMILES string of the molecule is Cc1ccc(S(=O)(=O)NC(=NC2CCCC2)c2ccccc2)cc1. The third-order valence-corrected chi connectivity index (χ3v) is 5.60. The first-order chi connectivity index (χ1) is 11.5. The van der Waals surface area contributed by atoms with Gasteiger partial charge in [-0.2, -0.15) is 0 Å². The number of nitrogens with one attached hydrogen (secondary N) is 1. The second-order valence-electron chi connectivity index (χ2n) is 6.20. The van der Waals surface area contributed by atoms with Crippen molar-refractivity contribution in [3.8, 4) is 0 Å². The lowest BCUT2D eigenvalue weighted by Crippen LogP contribution is -2.32. The van der Waals surface area contributed by atoms with Crippen LogP contribution in [0.1, 0.15) is 36.8 Å². The van der Waals surface area contributed by atoms with E-state index >= 15 is 0 Å². The van der Waals surface area contributed by atoms with Gasteiger partial charge in [0, 0.05) is 5.56 Å². The second kappa shape index (κ2) is 7.18. The highest BCUT2D eigenvalue weighted by Gasteiger charge is 2.20. The summed E-state index contributed by atoms with van der Waals surface area (Å²) in [6.45, 7) is 1.93. The number of aryl methyl sites for hydroxylation is 1. The molecule has 1 fully saturated rings. The van der Waals surface area contributed by atoms with Crippen LogP contribution in [0.25, 0.3) is 0 Å². The highest BCUT2D eigenvalue weighted by molar-refractivity contribution is 7.90. The predicted octanol–water partition coefficient (Wildman–Crippen LogP) is 3.66. The first-order valence-electron chi connectivity index (χ1n) is 8.27. The van der Waals surface area contributed by atoms with Gasteiger partial charge in [-0.05, 0) is 31.9 Å². The molecule has 1 saturated carbocycles. The van der Waals surface area contributed by atoms with E-state index in [1.807, 2.05) is 37.3 Å². The minimum absolute atomic E-state index is 0.195. The Morgan fingerprint density at radius 1 is 1.00 bits per heavy atom. The molecule has 0 bridgehead atoms. The van der Waals surface area contributed by atoms with Crippen molar-refractivity contribution in [1.82, 2.24) is 4.72 Å². The second-order valence-corrected chi connectivity index (χ2v) is 7.88. The number of hydrogen-bond donors (Lipinski definition) is 1. The molecule has 0 saturated heterocycles. The molecule has 4 nitrogen and oxygen atoms in total. The molecule has 0 unspecified atom stereocenters. The zero-order valence-electron chi connectivity index (χ0n) is 13.8. The standard InChI is InChI=1S/C19H22N2O2S/c1-15-11-13-18(14-12-15)24(22,23)21-19(16-7-3-2-4-8-16)20-17-9-5-6-10-17/h2-4,7-8,11-14,17H,5-6,9-10H2,1H3,(H,20,21). The van der Waals surface area contributed by atoms with Crippen molar-refractivity contribution in [2.24, 2.45) is 4.99 Å². The molecule has 0 atom stereocenters. The molecule has 126 valence electrons. The average Bonchev–Trinajstić information content (AvgIpc) is 3.08. The fourth-order valence-corrected chi connectivity index (χ4v) is 3.91. The third-order valence-electron chi connectivity index (χ3n) is 4.25. The van der Waals surface area contributed by atoms with Crippen molar-refractivity contribution in [2.75, 3.05) is 0 Å². The van der Waals surface area contributed by atoms with Crippen molar-refractivity contribution in [2.45, 2.75) is 43.5 Å². The van der Waals surface area contributed by atoms with Gasteiger partial charge in [0.05, 0.1) is 10.9 Å². The number of hydrogen-bond acceptors (Lipinski definition) is 3. The Morgan fingerprint density at radius 2 is 1.62 bits per heavy atom. The van der Waals surface area contributed by atoms with Gasteiger partial charge < -0.3 is 0 Å². The van der Waals surface area contributed by atoms with Gasteiger partial charge in [-0.3, -0.25) is 9.71 Å². The summed E-state index contributed by atoms with van der Waals surface area (Å²) in [7, 11) is -3.65. The summed E-state index contributed by atoms with van der Waals surface area (Å²) in [6.07, 6.45) is 4.34. The Bertz CT molecular complexity index is 806. The summed E-state index contributed by atoms with van der Waals surface area (Å²) in [5, 5.41) is 0. The molecule has 0 spiro atoms. The number of rotatable bonds is 4. The Balaban J connectivity index is 1.92. The van der Waals surface area contributed by atoms with Crippen LogP contribution in [0.3, 0.4) is 0 Å². The normalized spacial score (nSPS) is 16.3. The first kappa shape index (κ1) is 16.7. The van der Waals surface area contributed by atoms with E-state index in [4.69, 9.17) is 4.99 Å². The number of amidine groups is 1. The minimum Gasteiger partial charge on any atom is -0.264 e. The molecule has 0 aromatic heterocycles. The first-order valence-corrected chi connectivity index (χ1v) is 9.76. The van der Waals surface area contributed by atoms with E-state index < -0.39 is 10.0 Å². The summed E-state index contributed by atoms with van der Waals surface area (Å²) in [4.78, 5) is 4.95. The average molecular weight is 342 g/mol. The van der Waals surface area contributed by atoms with Crippen LogP contribution in [-0.4, -0.2) is 20.3 Å². The molecule has 0 heterocycles. The van der Waals surface area contributed by atoms with Crippen LogP contribution >= 0.6 is 0 Å². The van der Waals surface area contributed by atoms with Gasteiger partial charge >= 0.3 is 0 Å². The van der Waals surface area contributed by atoms with Gasteiger partial charge in [0.15, 0.2) is 0 Å². The minimum atomic E-state index is -3.65. The highest BCUT2D eigenvalue weighted by atomic mass is 32.2. The summed E-state index contributed by atoms with van der Waals surface area (Å²) in [5.41, 5.74) is 1.82. The molecule has 24 heavy (non-hydrogen) atoms. The van der Waals surface area contributed by atoms with Crippen LogP contribution in [0.2, 0.25) is 0 Å². The molecule has 1 aliphatic rings. The molecule has 2 aromatic carbocycles. The monoisotopic (exact) mass is 342 g/mol. The van der Waals surface area contributed by atoms with Crippen molar-refractivity contribution in [3.63, 3.8) is 0 Å². The number of benzene rings is 2. The summed E-state index contributed by atoms with van der Waals surface area (Å²) in [5.74, 6) is 0.433. The van der Waals surface area contributed by atoms with Gasteiger partial charge in [-0.1, -0.05) is 60.9 Å².